The maximum atomic E-state index is 2.54. The van der Waals surface area contributed by atoms with Crippen LogP contribution < -0.4 is 0 Å². The third-order valence-corrected chi connectivity index (χ3v) is 4.66. The summed E-state index contributed by atoms with van der Waals surface area (Å²) in [7, 11) is 6.47. The molecule has 0 spiro atoms. The van der Waals surface area contributed by atoms with Crippen LogP contribution in [0.2, 0.25) is 0 Å². The molecule has 4 rings (SSSR count). The van der Waals surface area contributed by atoms with E-state index in [-0.39, 0.29) is 0 Å². The molecule has 4 aliphatic rings. The maximum absolute atomic E-state index is 2.54. The zero-order valence-electron chi connectivity index (χ0n) is 13.7. The highest BCUT2D eigenvalue weighted by Crippen LogP contribution is 2.06. The quantitative estimate of drug-likeness (QED) is 0.686. The Morgan fingerprint density at radius 1 is 0.700 bits per heavy atom. The number of hydrogen-bond acceptors (Lipinski definition) is 5. The van der Waals surface area contributed by atoms with Crippen LogP contribution >= 0.6 is 0 Å². The molecule has 5 nitrogen and oxygen atoms in total. The van der Waals surface area contributed by atoms with Crippen molar-refractivity contribution in [3.8, 4) is 0 Å². The van der Waals surface area contributed by atoms with Gasteiger partial charge in [-0.15, -0.1) is 0 Å². The minimum absolute atomic E-state index is 1.18. The fourth-order valence-electron chi connectivity index (χ4n) is 2.93. The standard InChI is InChI=1S/C9H21N3.C6H12N2/c1-10(2)4-7-12-8-5-11(3)6-9-12;1-2-8-5-3-7(1)4-6-8/h4-9H2,1-3H3;1-6H2. The van der Waals surface area contributed by atoms with Gasteiger partial charge in [-0.05, 0) is 21.1 Å². The van der Waals surface area contributed by atoms with Crippen molar-refractivity contribution in [2.45, 2.75) is 0 Å². The molecule has 0 aromatic heterocycles. The SMILES string of the molecule is C1CN2CCN1CC2.CN(C)CCN1CCN(C)CC1. The van der Waals surface area contributed by atoms with E-state index in [0.717, 1.165) is 0 Å². The molecule has 0 radical (unpaired) electrons. The van der Waals surface area contributed by atoms with Gasteiger partial charge in [0, 0.05) is 78.5 Å². The number of fused-ring (bicyclic) bond motifs is 3. The Morgan fingerprint density at radius 3 is 1.50 bits per heavy atom. The van der Waals surface area contributed by atoms with Gasteiger partial charge < -0.3 is 9.80 Å². The van der Waals surface area contributed by atoms with Gasteiger partial charge in [-0.3, -0.25) is 14.7 Å². The number of likely N-dealkylation sites (N-methyl/N-ethyl adjacent to an activating group) is 2. The van der Waals surface area contributed by atoms with Gasteiger partial charge in [0.15, 0.2) is 0 Å². The van der Waals surface area contributed by atoms with Crippen molar-refractivity contribution >= 4 is 0 Å². The maximum Gasteiger partial charge on any atom is 0.0110 e. The minimum Gasteiger partial charge on any atom is -0.308 e. The van der Waals surface area contributed by atoms with E-state index in [1.807, 2.05) is 0 Å². The van der Waals surface area contributed by atoms with Crippen molar-refractivity contribution in [3.05, 3.63) is 0 Å². The van der Waals surface area contributed by atoms with E-state index < -0.39 is 0 Å². The lowest BCUT2D eigenvalue weighted by molar-refractivity contribution is 0.0647. The first-order valence-corrected chi connectivity index (χ1v) is 8.14. The lowest BCUT2D eigenvalue weighted by Crippen LogP contribution is -2.55. The summed E-state index contributed by atoms with van der Waals surface area (Å²) in [5.74, 6) is 0. The molecule has 0 saturated carbocycles. The fourth-order valence-corrected chi connectivity index (χ4v) is 2.93. The summed E-state index contributed by atoms with van der Waals surface area (Å²) in [6, 6.07) is 0. The monoisotopic (exact) mass is 283 g/mol. The highest BCUT2D eigenvalue weighted by Gasteiger charge is 2.21. The molecule has 20 heavy (non-hydrogen) atoms. The summed E-state index contributed by atoms with van der Waals surface area (Å²) in [4.78, 5) is 12.3. The Bertz CT molecular complexity index is 232. The van der Waals surface area contributed by atoms with E-state index in [9.17, 15) is 0 Å². The van der Waals surface area contributed by atoms with E-state index in [1.54, 1.807) is 0 Å². The Hall–Kier alpha value is -0.200. The third-order valence-electron chi connectivity index (χ3n) is 4.66. The van der Waals surface area contributed by atoms with Crippen LogP contribution in [0.5, 0.6) is 0 Å². The zero-order chi connectivity index (χ0) is 14.4. The van der Waals surface area contributed by atoms with E-state index in [2.05, 4.69) is 45.6 Å². The second-order valence-corrected chi connectivity index (χ2v) is 6.63. The Labute approximate surface area is 125 Å². The van der Waals surface area contributed by atoms with Crippen LogP contribution in [0.15, 0.2) is 0 Å². The molecule has 4 aliphatic heterocycles. The summed E-state index contributed by atoms with van der Waals surface area (Å²) >= 11 is 0. The topological polar surface area (TPSA) is 16.2 Å². The van der Waals surface area contributed by atoms with Gasteiger partial charge in [-0.1, -0.05) is 0 Å². The minimum atomic E-state index is 1.18. The van der Waals surface area contributed by atoms with E-state index in [0.29, 0.717) is 0 Å². The molecule has 0 aromatic rings. The predicted octanol–water partition coefficient (Wildman–Crippen LogP) is -0.587. The lowest BCUT2D eigenvalue weighted by atomic mass is 10.2. The summed E-state index contributed by atoms with van der Waals surface area (Å²) in [5, 5.41) is 0. The average Bonchev–Trinajstić information content (AvgIpc) is 2.49. The Morgan fingerprint density at radius 2 is 1.15 bits per heavy atom. The highest BCUT2D eigenvalue weighted by atomic mass is 15.3. The largest absolute Gasteiger partial charge is 0.308 e. The number of hydrogen-bond donors (Lipinski definition) is 0. The first kappa shape index (κ1) is 16.2. The Balaban J connectivity index is 0.000000157. The van der Waals surface area contributed by atoms with Crippen molar-refractivity contribution in [1.29, 1.82) is 0 Å². The second kappa shape index (κ2) is 8.29. The van der Waals surface area contributed by atoms with Crippen LogP contribution in [-0.4, -0.2) is 124 Å². The van der Waals surface area contributed by atoms with Gasteiger partial charge >= 0.3 is 0 Å². The number of rotatable bonds is 3. The number of piperazine rings is 4. The van der Waals surface area contributed by atoms with E-state index in [4.69, 9.17) is 0 Å². The normalized spacial score (nSPS) is 31.2. The molecule has 0 atom stereocenters. The first-order valence-electron chi connectivity index (χ1n) is 8.14. The summed E-state index contributed by atoms with van der Waals surface area (Å²) in [6.07, 6.45) is 0. The molecule has 0 amide bonds. The zero-order valence-corrected chi connectivity index (χ0v) is 13.7. The highest BCUT2D eigenvalue weighted by molar-refractivity contribution is 4.78. The predicted molar refractivity (Wildman–Crippen MR) is 85.4 cm³/mol. The van der Waals surface area contributed by atoms with Gasteiger partial charge in [0.25, 0.3) is 0 Å². The molecule has 4 saturated heterocycles. The summed E-state index contributed by atoms with van der Waals surface area (Å²) < 4.78 is 0. The Kier molecular flexibility index (Phi) is 6.71. The van der Waals surface area contributed by atoms with Crippen LogP contribution in [0.4, 0.5) is 0 Å². The van der Waals surface area contributed by atoms with Crippen LogP contribution in [0, 0.1) is 0 Å². The second-order valence-electron chi connectivity index (χ2n) is 6.63. The average molecular weight is 283 g/mol. The van der Waals surface area contributed by atoms with Crippen LogP contribution in [0.1, 0.15) is 0 Å². The molecular weight excluding hydrogens is 250 g/mol. The van der Waals surface area contributed by atoms with Crippen molar-refractivity contribution in [2.24, 2.45) is 0 Å². The molecule has 0 aromatic carbocycles. The molecule has 2 bridgehead atoms. The van der Waals surface area contributed by atoms with Gasteiger partial charge in [0.05, 0.1) is 0 Å². The third kappa shape index (κ3) is 5.66. The summed E-state index contributed by atoms with van der Waals surface area (Å²) in [6.45, 7) is 15.3. The van der Waals surface area contributed by atoms with Gasteiger partial charge in [0.1, 0.15) is 0 Å². The van der Waals surface area contributed by atoms with Crippen molar-refractivity contribution < 1.29 is 0 Å². The molecular formula is C15H33N5. The number of nitrogens with zero attached hydrogens (tertiary/aromatic N) is 5. The molecule has 118 valence electrons. The molecule has 4 heterocycles. The van der Waals surface area contributed by atoms with Crippen LogP contribution in [-0.2, 0) is 0 Å². The molecule has 0 unspecified atom stereocenters. The van der Waals surface area contributed by atoms with Gasteiger partial charge in [0.2, 0.25) is 0 Å². The van der Waals surface area contributed by atoms with Crippen LogP contribution in [0.3, 0.4) is 0 Å². The van der Waals surface area contributed by atoms with Gasteiger partial charge in [-0.25, -0.2) is 0 Å². The van der Waals surface area contributed by atoms with Crippen molar-refractivity contribution in [1.82, 2.24) is 24.5 Å². The lowest BCUT2D eigenvalue weighted by Gasteiger charge is -2.41. The molecule has 0 N–H and O–H groups in total. The van der Waals surface area contributed by atoms with Crippen LogP contribution in [0.25, 0.3) is 0 Å². The molecule has 5 heteroatoms. The first-order chi connectivity index (χ1) is 9.63. The summed E-state index contributed by atoms with van der Waals surface area (Å²) in [5.41, 5.74) is 0. The fraction of sp³-hybridized carbons (Fsp3) is 1.00. The van der Waals surface area contributed by atoms with E-state index in [1.165, 1.54) is 78.5 Å². The van der Waals surface area contributed by atoms with E-state index >= 15 is 0 Å². The van der Waals surface area contributed by atoms with Crippen molar-refractivity contribution in [2.75, 3.05) is 99.7 Å². The smallest absolute Gasteiger partial charge is 0.0110 e. The van der Waals surface area contributed by atoms with Gasteiger partial charge in [-0.2, -0.15) is 0 Å². The molecule has 4 fully saturated rings. The molecule has 0 aliphatic carbocycles. The van der Waals surface area contributed by atoms with Crippen molar-refractivity contribution in [3.63, 3.8) is 0 Å².